The first-order chi connectivity index (χ1) is 18.4. The van der Waals surface area contributed by atoms with Crippen LogP contribution in [0.1, 0.15) is 48.9 Å². The van der Waals surface area contributed by atoms with Crippen molar-refractivity contribution in [3.05, 3.63) is 36.0 Å². The summed E-state index contributed by atoms with van der Waals surface area (Å²) in [4.78, 5) is 39.1. The third kappa shape index (κ3) is 4.66. The summed E-state index contributed by atoms with van der Waals surface area (Å²) < 4.78 is 25.9. The van der Waals surface area contributed by atoms with Crippen LogP contribution in [0.3, 0.4) is 0 Å². The van der Waals surface area contributed by atoms with Gasteiger partial charge in [-0.05, 0) is 50.5 Å². The maximum atomic E-state index is 14.7. The maximum absolute atomic E-state index is 14.7. The number of hydrogen-bond acceptors (Lipinski definition) is 7. The van der Waals surface area contributed by atoms with E-state index in [9.17, 15) is 19.1 Å². The van der Waals surface area contributed by atoms with Gasteiger partial charge in [0.05, 0.1) is 24.8 Å². The molecule has 10 nitrogen and oxygen atoms in total. The Bertz CT molecular complexity index is 1390. The summed E-state index contributed by atoms with van der Waals surface area (Å²) in [5, 5.41) is 13.1. The molecule has 38 heavy (non-hydrogen) atoms. The van der Waals surface area contributed by atoms with Crippen LogP contribution < -0.4 is 14.8 Å². The molecule has 2 aromatic heterocycles. The first kappa shape index (κ1) is 24.6. The fourth-order valence-electron chi connectivity index (χ4n) is 4.92. The van der Waals surface area contributed by atoms with Crippen molar-refractivity contribution in [2.75, 3.05) is 26.8 Å². The monoisotopic (exact) mass is 523 g/mol. The van der Waals surface area contributed by atoms with Crippen molar-refractivity contribution in [2.45, 2.75) is 50.2 Å². The summed E-state index contributed by atoms with van der Waals surface area (Å²) >= 11 is 0. The third-order valence-electron chi connectivity index (χ3n) is 7.63. The number of hydrogen-bond donors (Lipinski definition) is 3. The molecule has 3 aliphatic rings. The highest BCUT2D eigenvalue weighted by Gasteiger charge is 2.50. The van der Waals surface area contributed by atoms with Crippen LogP contribution in [-0.2, 0) is 4.79 Å². The SMILES string of the molecule is COc1cc(OCC2CC2)c(-c2ncnc3c(C(=O)NC4CCN(C(=O)C5(O)CC5)CC4)c[nH]c23)cc1F. The third-order valence-corrected chi connectivity index (χ3v) is 7.63. The van der Waals surface area contributed by atoms with Gasteiger partial charge < -0.3 is 29.8 Å². The highest BCUT2D eigenvalue weighted by molar-refractivity contribution is 6.08. The van der Waals surface area contributed by atoms with Gasteiger partial charge in [0.2, 0.25) is 0 Å². The quantitative estimate of drug-likeness (QED) is 0.414. The Balaban J connectivity index is 1.21. The number of halogens is 1. The summed E-state index contributed by atoms with van der Waals surface area (Å²) in [7, 11) is 1.40. The molecule has 3 fully saturated rings. The summed E-state index contributed by atoms with van der Waals surface area (Å²) in [6.45, 7) is 1.50. The fourth-order valence-corrected chi connectivity index (χ4v) is 4.92. The van der Waals surface area contributed by atoms with Crippen LogP contribution in [0.4, 0.5) is 4.39 Å². The second kappa shape index (κ2) is 9.54. The van der Waals surface area contributed by atoms with E-state index in [2.05, 4.69) is 20.3 Å². The average molecular weight is 524 g/mol. The average Bonchev–Trinajstić information content (AvgIpc) is 3.85. The Kier molecular flexibility index (Phi) is 6.17. The minimum absolute atomic E-state index is 0.0791. The zero-order chi connectivity index (χ0) is 26.4. The summed E-state index contributed by atoms with van der Waals surface area (Å²) in [5.74, 6) is -0.0238. The van der Waals surface area contributed by atoms with E-state index in [1.807, 2.05) is 0 Å². The van der Waals surface area contributed by atoms with E-state index < -0.39 is 11.4 Å². The minimum atomic E-state index is -1.17. The Morgan fingerprint density at radius 3 is 2.63 bits per heavy atom. The van der Waals surface area contributed by atoms with Crippen molar-refractivity contribution in [3.8, 4) is 22.8 Å². The van der Waals surface area contributed by atoms with Gasteiger partial charge in [-0.3, -0.25) is 9.59 Å². The number of ether oxygens (including phenoxy) is 2. The molecule has 0 spiro atoms. The van der Waals surface area contributed by atoms with Gasteiger partial charge in [-0.15, -0.1) is 0 Å². The number of carbonyl (C=O) groups excluding carboxylic acids is 2. The number of aromatic amines is 1. The van der Waals surface area contributed by atoms with Gasteiger partial charge in [0.1, 0.15) is 28.9 Å². The number of piperidine rings is 1. The van der Waals surface area contributed by atoms with Crippen LogP contribution in [0.15, 0.2) is 24.7 Å². The molecule has 2 aliphatic carbocycles. The Hall–Kier alpha value is -3.73. The van der Waals surface area contributed by atoms with Crippen molar-refractivity contribution in [1.82, 2.24) is 25.2 Å². The number of likely N-dealkylation sites (tertiary alicyclic amines) is 1. The number of methoxy groups -OCH3 is 1. The number of nitrogens with zero attached hydrogens (tertiary/aromatic N) is 3. The fraction of sp³-hybridized carbons (Fsp3) is 0.481. The molecule has 3 aromatic rings. The zero-order valence-electron chi connectivity index (χ0n) is 21.1. The van der Waals surface area contributed by atoms with E-state index in [1.165, 1.54) is 25.6 Å². The zero-order valence-corrected chi connectivity index (χ0v) is 21.1. The number of amides is 2. The van der Waals surface area contributed by atoms with Crippen molar-refractivity contribution >= 4 is 22.8 Å². The van der Waals surface area contributed by atoms with Gasteiger partial charge in [-0.2, -0.15) is 0 Å². The number of H-pyrrole nitrogens is 1. The number of rotatable bonds is 8. The number of carbonyl (C=O) groups is 2. The Morgan fingerprint density at radius 1 is 1.18 bits per heavy atom. The molecule has 0 atom stereocenters. The number of aromatic nitrogens is 3. The number of fused-ring (bicyclic) bond motifs is 1. The summed E-state index contributed by atoms with van der Waals surface area (Å²) in [5.41, 5.74) is 0.958. The molecule has 2 saturated carbocycles. The first-order valence-corrected chi connectivity index (χ1v) is 13.0. The maximum Gasteiger partial charge on any atom is 0.255 e. The molecule has 2 amide bonds. The molecule has 200 valence electrons. The Morgan fingerprint density at radius 2 is 1.95 bits per heavy atom. The van der Waals surface area contributed by atoms with Gasteiger partial charge in [0.15, 0.2) is 11.6 Å². The van der Waals surface area contributed by atoms with Crippen molar-refractivity contribution in [1.29, 1.82) is 0 Å². The van der Waals surface area contributed by atoms with Crippen LogP contribution in [0, 0.1) is 11.7 Å². The molecule has 3 N–H and O–H groups in total. The molecular weight excluding hydrogens is 493 g/mol. The first-order valence-electron chi connectivity index (χ1n) is 13.0. The van der Waals surface area contributed by atoms with Crippen LogP contribution in [-0.4, -0.2) is 75.2 Å². The lowest BCUT2D eigenvalue weighted by atomic mass is 10.0. The number of benzene rings is 1. The lowest BCUT2D eigenvalue weighted by Crippen LogP contribution is -2.49. The smallest absolute Gasteiger partial charge is 0.255 e. The van der Waals surface area contributed by atoms with E-state index in [0.717, 1.165) is 12.8 Å². The van der Waals surface area contributed by atoms with Gasteiger partial charge in [0, 0.05) is 37.0 Å². The van der Waals surface area contributed by atoms with Gasteiger partial charge in [0.25, 0.3) is 11.8 Å². The van der Waals surface area contributed by atoms with E-state index >= 15 is 0 Å². The summed E-state index contributed by atoms with van der Waals surface area (Å²) in [6, 6.07) is 2.75. The standard InChI is InChI=1S/C27H30FN5O5/c1-37-21-11-20(38-13-15-2-3-15)17(10-19(21)28)22-24-23(31-14-30-22)18(12-29-24)25(34)32-16-4-8-33(9-5-16)26(35)27(36)6-7-27/h10-12,14-16,29,36H,2-9,13H2,1H3,(H,32,34). The number of nitrogens with one attached hydrogen (secondary N) is 2. The molecular formula is C27H30FN5O5. The van der Waals surface area contributed by atoms with Crippen LogP contribution >= 0.6 is 0 Å². The van der Waals surface area contributed by atoms with E-state index in [4.69, 9.17) is 9.47 Å². The summed E-state index contributed by atoms with van der Waals surface area (Å²) in [6.07, 6.45) is 7.38. The van der Waals surface area contributed by atoms with Gasteiger partial charge in [-0.25, -0.2) is 14.4 Å². The highest BCUT2D eigenvalue weighted by Crippen LogP contribution is 2.39. The molecule has 3 heterocycles. The van der Waals surface area contributed by atoms with E-state index in [-0.39, 0.29) is 23.6 Å². The molecule has 1 saturated heterocycles. The van der Waals surface area contributed by atoms with E-state index in [0.29, 0.717) is 84.9 Å². The van der Waals surface area contributed by atoms with Gasteiger partial charge >= 0.3 is 0 Å². The normalized spacial score (nSPS) is 18.9. The second-order valence-corrected chi connectivity index (χ2v) is 10.5. The predicted molar refractivity (Wildman–Crippen MR) is 135 cm³/mol. The van der Waals surface area contributed by atoms with Crippen molar-refractivity contribution in [2.24, 2.45) is 5.92 Å². The van der Waals surface area contributed by atoms with Crippen molar-refractivity contribution < 1.29 is 28.6 Å². The molecule has 11 heteroatoms. The number of aliphatic hydroxyl groups is 1. The van der Waals surface area contributed by atoms with Gasteiger partial charge in [-0.1, -0.05) is 0 Å². The lowest BCUT2D eigenvalue weighted by molar-refractivity contribution is -0.143. The minimum Gasteiger partial charge on any atom is -0.494 e. The highest BCUT2D eigenvalue weighted by atomic mass is 19.1. The van der Waals surface area contributed by atoms with Crippen molar-refractivity contribution in [3.63, 3.8) is 0 Å². The second-order valence-electron chi connectivity index (χ2n) is 10.5. The molecule has 6 rings (SSSR count). The predicted octanol–water partition coefficient (Wildman–Crippen LogP) is 2.81. The molecule has 0 unspecified atom stereocenters. The van der Waals surface area contributed by atoms with Crippen LogP contribution in [0.5, 0.6) is 11.5 Å². The Labute approximate surface area is 218 Å². The van der Waals surface area contributed by atoms with E-state index in [1.54, 1.807) is 11.1 Å². The molecule has 1 aromatic carbocycles. The lowest BCUT2D eigenvalue weighted by Gasteiger charge is -2.33. The molecule has 0 radical (unpaired) electrons. The molecule has 0 bridgehead atoms. The molecule has 1 aliphatic heterocycles. The van der Waals surface area contributed by atoms with Crippen LogP contribution in [0.2, 0.25) is 0 Å². The van der Waals surface area contributed by atoms with Crippen LogP contribution in [0.25, 0.3) is 22.3 Å². The topological polar surface area (TPSA) is 130 Å². The largest absolute Gasteiger partial charge is 0.494 e.